The fourth-order valence-corrected chi connectivity index (χ4v) is 3.42. The summed E-state index contributed by atoms with van der Waals surface area (Å²) in [4.78, 5) is 2.02. The van der Waals surface area contributed by atoms with Gasteiger partial charge in [0.15, 0.2) is 9.84 Å². The fourth-order valence-electron chi connectivity index (χ4n) is 1.71. The molecule has 1 atom stereocenters. The SMILES string of the molecule is CN1c2ccccc2S(=O)(=O)CC1C#N. The number of nitriles is 1. The molecule has 1 heterocycles. The molecular weight excluding hydrogens is 212 g/mol. The second-order valence-corrected chi connectivity index (χ2v) is 5.51. The van der Waals surface area contributed by atoms with E-state index in [4.69, 9.17) is 5.26 Å². The third-order valence-corrected chi connectivity index (χ3v) is 4.34. The van der Waals surface area contributed by atoms with E-state index in [0.29, 0.717) is 10.6 Å². The molecule has 0 aromatic heterocycles. The maximum atomic E-state index is 11.8. The summed E-state index contributed by atoms with van der Waals surface area (Å²) in [5.74, 6) is -0.128. The van der Waals surface area contributed by atoms with E-state index >= 15 is 0 Å². The first-order chi connectivity index (χ1) is 7.06. The van der Waals surface area contributed by atoms with Gasteiger partial charge < -0.3 is 4.90 Å². The highest BCUT2D eigenvalue weighted by molar-refractivity contribution is 7.91. The molecule has 0 N–H and O–H groups in total. The molecule has 0 fully saturated rings. The van der Waals surface area contributed by atoms with Gasteiger partial charge in [-0.05, 0) is 12.1 Å². The summed E-state index contributed by atoms with van der Waals surface area (Å²) in [5, 5.41) is 8.86. The van der Waals surface area contributed by atoms with Crippen molar-refractivity contribution in [1.29, 1.82) is 5.26 Å². The zero-order valence-electron chi connectivity index (χ0n) is 8.21. The van der Waals surface area contributed by atoms with Crippen LogP contribution in [-0.4, -0.2) is 27.3 Å². The molecule has 4 nitrogen and oxygen atoms in total. The summed E-state index contributed by atoms with van der Waals surface area (Å²) in [7, 11) is -1.56. The van der Waals surface area contributed by atoms with E-state index in [-0.39, 0.29) is 5.75 Å². The number of nitrogens with zero attached hydrogens (tertiary/aromatic N) is 2. The number of anilines is 1. The van der Waals surface area contributed by atoms with Crippen molar-refractivity contribution in [2.45, 2.75) is 10.9 Å². The average Bonchev–Trinajstić information content (AvgIpc) is 2.24. The van der Waals surface area contributed by atoms with Crippen molar-refractivity contribution in [3.8, 4) is 6.07 Å². The Hall–Kier alpha value is -1.54. The number of sulfone groups is 1. The smallest absolute Gasteiger partial charge is 0.183 e. The molecule has 0 spiro atoms. The molecule has 0 amide bonds. The van der Waals surface area contributed by atoms with E-state index in [1.165, 1.54) is 0 Å². The van der Waals surface area contributed by atoms with Gasteiger partial charge in [-0.1, -0.05) is 12.1 Å². The molecule has 1 aromatic carbocycles. The second-order valence-electron chi connectivity index (χ2n) is 3.50. The van der Waals surface area contributed by atoms with Crippen LogP contribution in [0, 0.1) is 11.3 Å². The highest BCUT2D eigenvalue weighted by Crippen LogP contribution is 2.31. The normalized spacial score (nSPS) is 22.9. The lowest BCUT2D eigenvalue weighted by molar-refractivity contribution is 0.586. The number of hydrogen-bond acceptors (Lipinski definition) is 4. The summed E-state index contributed by atoms with van der Waals surface area (Å²) in [6, 6.07) is 8.16. The first-order valence-corrected chi connectivity index (χ1v) is 6.16. The Labute approximate surface area is 88.7 Å². The number of para-hydroxylation sites is 1. The van der Waals surface area contributed by atoms with Crippen LogP contribution in [0.25, 0.3) is 0 Å². The van der Waals surface area contributed by atoms with Crippen LogP contribution in [0.1, 0.15) is 0 Å². The predicted molar refractivity (Wildman–Crippen MR) is 56.3 cm³/mol. The average molecular weight is 222 g/mol. The summed E-state index contributed by atoms with van der Waals surface area (Å²) < 4.78 is 23.6. The Morgan fingerprint density at radius 1 is 1.47 bits per heavy atom. The largest absolute Gasteiger partial charge is 0.357 e. The lowest BCUT2D eigenvalue weighted by Crippen LogP contribution is -2.41. The van der Waals surface area contributed by atoms with Crippen molar-refractivity contribution in [2.24, 2.45) is 0 Å². The standard InChI is InChI=1S/C10H10N2O2S/c1-12-8(6-11)7-15(13,14)10-5-3-2-4-9(10)12/h2-5,8H,7H2,1H3. The van der Waals surface area contributed by atoms with Crippen LogP contribution in [-0.2, 0) is 9.84 Å². The fraction of sp³-hybridized carbons (Fsp3) is 0.300. The van der Waals surface area contributed by atoms with Gasteiger partial charge in [-0.15, -0.1) is 0 Å². The van der Waals surface area contributed by atoms with Crippen LogP contribution < -0.4 is 4.90 Å². The molecule has 0 radical (unpaired) electrons. The maximum Gasteiger partial charge on any atom is 0.183 e. The summed E-state index contributed by atoms with van der Waals surface area (Å²) in [6.07, 6.45) is 0. The molecule has 15 heavy (non-hydrogen) atoms. The number of hydrogen-bond donors (Lipinski definition) is 0. The number of rotatable bonds is 0. The Morgan fingerprint density at radius 3 is 2.80 bits per heavy atom. The summed E-state index contributed by atoms with van der Waals surface area (Å²) in [6.45, 7) is 0. The van der Waals surface area contributed by atoms with Crippen LogP contribution in [0.15, 0.2) is 29.2 Å². The number of benzene rings is 1. The van der Waals surface area contributed by atoms with Crippen molar-refractivity contribution in [3.63, 3.8) is 0 Å². The second kappa shape index (κ2) is 3.24. The number of fused-ring (bicyclic) bond motifs is 1. The van der Waals surface area contributed by atoms with Gasteiger partial charge in [-0.2, -0.15) is 5.26 Å². The minimum atomic E-state index is -3.30. The van der Waals surface area contributed by atoms with Crippen molar-refractivity contribution < 1.29 is 8.42 Å². The molecule has 0 saturated carbocycles. The minimum Gasteiger partial charge on any atom is -0.357 e. The van der Waals surface area contributed by atoms with Gasteiger partial charge in [0.1, 0.15) is 6.04 Å². The molecule has 78 valence electrons. The molecule has 2 rings (SSSR count). The predicted octanol–water partition coefficient (Wildman–Crippen LogP) is 0.802. The zero-order chi connectivity index (χ0) is 11.1. The topological polar surface area (TPSA) is 61.2 Å². The molecule has 0 aliphatic carbocycles. The van der Waals surface area contributed by atoms with Crippen molar-refractivity contribution >= 4 is 15.5 Å². The molecule has 1 aliphatic heterocycles. The molecule has 0 saturated heterocycles. The lowest BCUT2D eigenvalue weighted by atomic mass is 10.2. The highest BCUT2D eigenvalue weighted by Gasteiger charge is 2.33. The molecule has 1 aromatic rings. The third-order valence-electron chi connectivity index (χ3n) is 2.57. The lowest BCUT2D eigenvalue weighted by Gasteiger charge is -2.31. The van der Waals surface area contributed by atoms with Crippen LogP contribution in [0.3, 0.4) is 0 Å². The molecule has 0 bridgehead atoms. The Kier molecular flexibility index (Phi) is 2.16. The first-order valence-electron chi connectivity index (χ1n) is 4.50. The van der Waals surface area contributed by atoms with Gasteiger partial charge in [-0.3, -0.25) is 0 Å². The molecule has 1 unspecified atom stereocenters. The van der Waals surface area contributed by atoms with E-state index in [2.05, 4.69) is 0 Å². The van der Waals surface area contributed by atoms with Gasteiger partial charge in [0, 0.05) is 7.05 Å². The van der Waals surface area contributed by atoms with Gasteiger partial charge in [0.05, 0.1) is 22.4 Å². The zero-order valence-corrected chi connectivity index (χ0v) is 9.03. The van der Waals surface area contributed by atoms with Crippen molar-refractivity contribution in [2.75, 3.05) is 17.7 Å². The van der Waals surface area contributed by atoms with Crippen molar-refractivity contribution in [3.05, 3.63) is 24.3 Å². The third kappa shape index (κ3) is 1.47. The Balaban J connectivity index is 2.67. The molecule has 1 aliphatic rings. The minimum absolute atomic E-state index is 0.128. The van der Waals surface area contributed by atoms with Crippen LogP contribution in [0.4, 0.5) is 5.69 Å². The Morgan fingerprint density at radius 2 is 2.13 bits per heavy atom. The van der Waals surface area contributed by atoms with E-state index in [0.717, 1.165) is 0 Å². The summed E-state index contributed by atoms with van der Waals surface area (Å²) >= 11 is 0. The van der Waals surface area contributed by atoms with Crippen LogP contribution >= 0.6 is 0 Å². The first kappa shape index (κ1) is 9.99. The molecule has 5 heteroatoms. The monoisotopic (exact) mass is 222 g/mol. The van der Waals surface area contributed by atoms with Crippen LogP contribution in [0.2, 0.25) is 0 Å². The summed E-state index contributed by atoms with van der Waals surface area (Å²) in [5.41, 5.74) is 0.607. The van der Waals surface area contributed by atoms with Gasteiger partial charge in [0.25, 0.3) is 0 Å². The van der Waals surface area contributed by atoms with Crippen LogP contribution in [0.5, 0.6) is 0 Å². The van der Waals surface area contributed by atoms with E-state index in [9.17, 15) is 8.42 Å². The van der Waals surface area contributed by atoms with E-state index < -0.39 is 15.9 Å². The quantitative estimate of drug-likeness (QED) is 0.651. The van der Waals surface area contributed by atoms with Gasteiger partial charge in [0.2, 0.25) is 0 Å². The van der Waals surface area contributed by atoms with Crippen molar-refractivity contribution in [1.82, 2.24) is 0 Å². The highest BCUT2D eigenvalue weighted by atomic mass is 32.2. The molecular formula is C10H10N2O2S. The Bertz CT molecular complexity index is 531. The maximum absolute atomic E-state index is 11.8. The van der Waals surface area contributed by atoms with Gasteiger partial charge >= 0.3 is 0 Å². The van der Waals surface area contributed by atoms with E-state index in [1.54, 1.807) is 36.2 Å². The van der Waals surface area contributed by atoms with E-state index in [1.807, 2.05) is 6.07 Å². The van der Waals surface area contributed by atoms with Gasteiger partial charge in [-0.25, -0.2) is 8.42 Å².